The van der Waals surface area contributed by atoms with Gasteiger partial charge in [-0.1, -0.05) is 25.5 Å². The zero-order chi connectivity index (χ0) is 20.0. The van der Waals surface area contributed by atoms with Gasteiger partial charge in [0.15, 0.2) is 0 Å². The minimum Gasteiger partial charge on any atom is -0.494 e. The largest absolute Gasteiger partial charge is 0.494 e. The van der Waals surface area contributed by atoms with Gasteiger partial charge in [0, 0.05) is 6.54 Å². The van der Waals surface area contributed by atoms with E-state index in [0.29, 0.717) is 26.1 Å². The number of carbonyl (C=O) groups is 1. The van der Waals surface area contributed by atoms with Gasteiger partial charge in [-0.3, -0.25) is 4.79 Å². The minimum absolute atomic E-state index is 0.0949. The van der Waals surface area contributed by atoms with Crippen molar-refractivity contribution < 1.29 is 22.7 Å². The summed E-state index contributed by atoms with van der Waals surface area (Å²) >= 11 is 0. The van der Waals surface area contributed by atoms with Crippen molar-refractivity contribution in [3.05, 3.63) is 54.1 Å². The Kier molecular flexibility index (Phi) is 6.57. The maximum Gasteiger partial charge on any atom is 0.269 e. The summed E-state index contributed by atoms with van der Waals surface area (Å²) in [7, 11) is -3.72. The Labute approximate surface area is 166 Å². The molecule has 6 nitrogen and oxygen atoms in total. The quantitative estimate of drug-likeness (QED) is 0.563. The molecule has 0 atom stereocenters. The van der Waals surface area contributed by atoms with E-state index >= 15 is 0 Å². The van der Waals surface area contributed by atoms with Crippen molar-refractivity contribution in [2.24, 2.45) is 0 Å². The smallest absolute Gasteiger partial charge is 0.269 e. The maximum atomic E-state index is 12.5. The van der Waals surface area contributed by atoms with E-state index in [0.717, 1.165) is 28.6 Å². The van der Waals surface area contributed by atoms with Gasteiger partial charge in [-0.25, -0.2) is 12.7 Å². The number of hydrogen-bond donors (Lipinski definition) is 0. The van der Waals surface area contributed by atoms with Gasteiger partial charge in [-0.05, 0) is 55.7 Å². The first-order valence-electron chi connectivity index (χ1n) is 9.56. The van der Waals surface area contributed by atoms with Crippen molar-refractivity contribution in [2.75, 3.05) is 19.8 Å². The van der Waals surface area contributed by atoms with Crippen molar-refractivity contribution in [3.8, 4) is 11.5 Å². The van der Waals surface area contributed by atoms with Gasteiger partial charge in [0.1, 0.15) is 16.4 Å². The number of nitrogens with zero attached hydrogens (tertiary/aromatic N) is 1. The van der Waals surface area contributed by atoms with E-state index in [1.54, 1.807) is 18.2 Å². The Balaban J connectivity index is 1.42. The third-order valence-electron chi connectivity index (χ3n) is 4.53. The molecule has 0 spiro atoms. The first-order chi connectivity index (χ1) is 13.5. The third-order valence-corrected chi connectivity index (χ3v) is 6.37. The SMILES string of the molecule is CCCCOc1ccc(OCCCCN2C(=O)c3ccccc3S2(=O)=O)cc1. The number of rotatable bonds is 10. The summed E-state index contributed by atoms with van der Waals surface area (Å²) in [5, 5.41) is 0. The molecule has 0 N–H and O–H groups in total. The normalized spacial score (nSPS) is 14.8. The molecular formula is C21H25NO5S. The second-order valence-corrected chi connectivity index (χ2v) is 8.44. The van der Waals surface area contributed by atoms with Gasteiger partial charge in [0.25, 0.3) is 15.9 Å². The van der Waals surface area contributed by atoms with Crippen LogP contribution in [0.25, 0.3) is 0 Å². The molecule has 1 amide bonds. The summed E-state index contributed by atoms with van der Waals surface area (Å²) in [6.45, 7) is 3.43. The lowest BCUT2D eigenvalue weighted by atomic mass is 10.2. The lowest BCUT2D eigenvalue weighted by Gasteiger charge is -2.15. The number of carbonyl (C=O) groups excluding carboxylic acids is 1. The molecule has 0 unspecified atom stereocenters. The van der Waals surface area contributed by atoms with Crippen molar-refractivity contribution >= 4 is 15.9 Å². The van der Waals surface area contributed by atoms with Crippen LogP contribution in [-0.2, 0) is 10.0 Å². The van der Waals surface area contributed by atoms with Crippen LogP contribution in [0.5, 0.6) is 11.5 Å². The van der Waals surface area contributed by atoms with Gasteiger partial charge in [-0.2, -0.15) is 0 Å². The lowest BCUT2D eigenvalue weighted by molar-refractivity contribution is 0.0868. The van der Waals surface area contributed by atoms with E-state index in [4.69, 9.17) is 9.47 Å². The fraction of sp³-hybridized carbons (Fsp3) is 0.381. The van der Waals surface area contributed by atoms with Gasteiger partial charge < -0.3 is 9.47 Å². The first kappa shape index (κ1) is 20.2. The van der Waals surface area contributed by atoms with Gasteiger partial charge >= 0.3 is 0 Å². The number of unbranched alkanes of at least 4 members (excludes halogenated alkanes) is 2. The van der Waals surface area contributed by atoms with Crippen LogP contribution in [0.4, 0.5) is 0 Å². The Hall–Kier alpha value is -2.54. The van der Waals surface area contributed by atoms with E-state index in [2.05, 4.69) is 6.92 Å². The highest BCUT2D eigenvalue weighted by atomic mass is 32.2. The number of fused-ring (bicyclic) bond motifs is 1. The van der Waals surface area contributed by atoms with Crippen LogP contribution in [0, 0.1) is 0 Å². The average molecular weight is 404 g/mol. The first-order valence-corrected chi connectivity index (χ1v) is 11.0. The number of hydrogen-bond acceptors (Lipinski definition) is 5. The predicted molar refractivity (Wildman–Crippen MR) is 106 cm³/mol. The number of amides is 1. The Morgan fingerprint density at radius 2 is 1.46 bits per heavy atom. The van der Waals surface area contributed by atoms with E-state index < -0.39 is 15.9 Å². The van der Waals surface area contributed by atoms with Crippen molar-refractivity contribution in [3.63, 3.8) is 0 Å². The van der Waals surface area contributed by atoms with E-state index in [1.165, 1.54) is 6.07 Å². The average Bonchev–Trinajstić information content (AvgIpc) is 2.90. The van der Waals surface area contributed by atoms with Crippen LogP contribution in [0.15, 0.2) is 53.4 Å². The zero-order valence-corrected chi connectivity index (χ0v) is 16.8. The zero-order valence-electron chi connectivity index (χ0n) is 16.0. The fourth-order valence-corrected chi connectivity index (χ4v) is 4.57. The van der Waals surface area contributed by atoms with Crippen LogP contribution >= 0.6 is 0 Å². The molecule has 0 fully saturated rings. The van der Waals surface area contributed by atoms with E-state index in [9.17, 15) is 13.2 Å². The molecule has 0 saturated heterocycles. The summed E-state index contributed by atoms with van der Waals surface area (Å²) in [6.07, 6.45) is 3.30. The summed E-state index contributed by atoms with van der Waals surface area (Å²) in [5.74, 6) is 1.11. The van der Waals surface area contributed by atoms with Gasteiger partial charge in [0.05, 0.1) is 18.8 Å². The molecule has 0 aliphatic carbocycles. The molecule has 0 saturated carbocycles. The van der Waals surface area contributed by atoms with E-state index in [-0.39, 0.29) is 17.0 Å². The molecule has 0 aromatic heterocycles. The highest BCUT2D eigenvalue weighted by molar-refractivity contribution is 7.90. The maximum absolute atomic E-state index is 12.5. The lowest BCUT2D eigenvalue weighted by Crippen LogP contribution is -2.31. The molecule has 0 bridgehead atoms. The van der Waals surface area contributed by atoms with Crippen LogP contribution in [-0.4, -0.2) is 38.4 Å². The molecular weight excluding hydrogens is 378 g/mol. The van der Waals surface area contributed by atoms with Crippen molar-refractivity contribution in [1.82, 2.24) is 4.31 Å². The van der Waals surface area contributed by atoms with Crippen molar-refractivity contribution in [1.29, 1.82) is 0 Å². The van der Waals surface area contributed by atoms with Crippen LogP contribution in [0.1, 0.15) is 43.0 Å². The molecule has 150 valence electrons. The summed E-state index contributed by atoms with van der Waals surface area (Å²) in [5.41, 5.74) is 0.250. The number of sulfonamides is 1. The summed E-state index contributed by atoms with van der Waals surface area (Å²) in [4.78, 5) is 12.4. The molecule has 0 radical (unpaired) electrons. The molecule has 2 aromatic rings. The van der Waals surface area contributed by atoms with Crippen LogP contribution in [0.3, 0.4) is 0 Å². The highest BCUT2D eigenvalue weighted by Gasteiger charge is 2.40. The molecule has 2 aromatic carbocycles. The van der Waals surface area contributed by atoms with E-state index in [1.807, 2.05) is 24.3 Å². The van der Waals surface area contributed by atoms with Crippen molar-refractivity contribution in [2.45, 2.75) is 37.5 Å². The molecule has 1 heterocycles. The molecule has 1 aliphatic rings. The monoisotopic (exact) mass is 403 g/mol. The molecule has 7 heteroatoms. The fourth-order valence-electron chi connectivity index (χ4n) is 2.97. The standard InChI is InChI=1S/C21H25NO5S/c1-2-3-15-26-17-10-12-18(13-11-17)27-16-7-6-14-22-21(23)19-8-4-5-9-20(19)28(22,24)25/h4-5,8-13H,2-3,6-7,14-16H2,1H3. The van der Waals surface area contributed by atoms with Crippen LogP contribution in [0.2, 0.25) is 0 Å². The highest BCUT2D eigenvalue weighted by Crippen LogP contribution is 2.30. The molecule has 3 rings (SSSR count). The summed E-state index contributed by atoms with van der Waals surface area (Å²) in [6, 6.07) is 13.8. The second-order valence-electron chi connectivity index (χ2n) is 6.61. The minimum atomic E-state index is -3.72. The third kappa shape index (κ3) is 4.47. The Morgan fingerprint density at radius 3 is 2.07 bits per heavy atom. The number of ether oxygens (including phenoxy) is 2. The predicted octanol–water partition coefficient (Wildman–Crippen LogP) is 3.87. The Bertz CT molecular complexity index is 909. The molecule has 1 aliphatic heterocycles. The summed E-state index contributed by atoms with van der Waals surface area (Å²) < 4.78 is 37.2. The second kappa shape index (κ2) is 9.10. The van der Waals surface area contributed by atoms with Gasteiger partial charge in [-0.15, -0.1) is 0 Å². The van der Waals surface area contributed by atoms with Crippen LogP contribution < -0.4 is 9.47 Å². The van der Waals surface area contributed by atoms with Gasteiger partial charge in [0.2, 0.25) is 0 Å². The number of benzene rings is 2. The molecule has 28 heavy (non-hydrogen) atoms. The topological polar surface area (TPSA) is 72.9 Å². The Morgan fingerprint density at radius 1 is 0.857 bits per heavy atom.